The summed E-state index contributed by atoms with van der Waals surface area (Å²) >= 11 is 1.80. The molecule has 0 heterocycles. The summed E-state index contributed by atoms with van der Waals surface area (Å²) in [6, 6.07) is 6.00. The Bertz CT molecular complexity index is 607. The van der Waals surface area contributed by atoms with Crippen molar-refractivity contribution in [2.75, 3.05) is 6.54 Å². The fourth-order valence-electron chi connectivity index (χ4n) is 2.80. The molecule has 0 spiro atoms. The largest absolute Gasteiger partial charge is 0.481 e. The van der Waals surface area contributed by atoms with Crippen LogP contribution in [0.15, 0.2) is 23.1 Å². The summed E-state index contributed by atoms with van der Waals surface area (Å²) in [5, 5.41) is 12.6. The number of rotatable bonds is 7. The highest BCUT2D eigenvalue weighted by Gasteiger charge is 2.27. The van der Waals surface area contributed by atoms with E-state index in [1.54, 1.807) is 25.6 Å². The van der Waals surface area contributed by atoms with E-state index in [2.05, 4.69) is 5.32 Å². The van der Waals surface area contributed by atoms with Gasteiger partial charge in [-0.1, -0.05) is 24.5 Å². The number of aryl methyl sites for hydroxylation is 1. The van der Waals surface area contributed by atoms with Crippen LogP contribution in [0.4, 0.5) is 0 Å². The molecule has 0 unspecified atom stereocenters. The molecule has 1 aromatic rings. The van der Waals surface area contributed by atoms with Crippen LogP contribution in [0.2, 0.25) is 0 Å². The standard InChI is InChI=1S/C19H27NO3S/c1-13-8-9-16(24-14-6-4-5-7-14)15(12-13)17(21)20-11-10-19(2,3)18(22)23/h8-9,12,14H,4-7,10-11H2,1-3H3,(H,20,21)(H,22,23). The Morgan fingerprint density at radius 2 is 1.96 bits per heavy atom. The molecule has 0 radical (unpaired) electrons. The Kier molecular flexibility index (Phi) is 6.33. The second-order valence-corrected chi connectivity index (χ2v) is 8.56. The number of aliphatic carboxylic acids is 1. The van der Waals surface area contributed by atoms with Gasteiger partial charge in [0.25, 0.3) is 5.91 Å². The van der Waals surface area contributed by atoms with E-state index in [4.69, 9.17) is 5.11 Å². The van der Waals surface area contributed by atoms with Gasteiger partial charge in [0.1, 0.15) is 0 Å². The van der Waals surface area contributed by atoms with Crippen LogP contribution >= 0.6 is 11.8 Å². The Morgan fingerprint density at radius 1 is 1.29 bits per heavy atom. The van der Waals surface area contributed by atoms with Gasteiger partial charge in [0.15, 0.2) is 0 Å². The summed E-state index contributed by atoms with van der Waals surface area (Å²) in [4.78, 5) is 24.7. The average molecular weight is 349 g/mol. The third-order valence-corrected chi connectivity index (χ3v) is 6.00. The van der Waals surface area contributed by atoms with Crippen LogP contribution in [0.3, 0.4) is 0 Å². The highest BCUT2D eigenvalue weighted by atomic mass is 32.2. The lowest BCUT2D eigenvalue weighted by molar-refractivity contribution is -0.147. The molecule has 1 amide bonds. The molecule has 1 aliphatic rings. The van der Waals surface area contributed by atoms with Crippen LogP contribution in [0.25, 0.3) is 0 Å². The summed E-state index contributed by atoms with van der Waals surface area (Å²) in [6.07, 6.45) is 5.38. The van der Waals surface area contributed by atoms with Crippen LogP contribution in [0.5, 0.6) is 0 Å². The van der Waals surface area contributed by atoms with Crippen molar-refractivity contribution in [3.8, 4) is 0 Å². The van der Waals surface area contributed by atoms with Gasteiger partial charge in [-0.2, -0.15) is 0 Å². The second-order valence-electron chi connectivity index (χ2n) is 7.22. The van der Waals surface area contributed by atoms with Crippen LogP contribution in [0, 0.1) is 12.3 Å². The lowest BCUT2D eigenvalue weighted by atomic mass is 9.90. The van der Waals surface area contributed by atoms with Gasteiger partial charge in [0.2, 0.25) is 0 Å². The first-order valence-corrected chi connectivity index (χ1v) is 9.46. The van der Waals surface area contributed by atoms with E-state index in [9.17, 15) is 9.59 Å². The molecular formula is C19H27NO3S. The lowest BCUT2D eigenvalue weighted by Gasteiger charge is -2.19. The van der Waals surface area contributed by atoms with Gasteiger partial charge in [-0.15, -0.1) is 11.8 Å². The van der Waals surface area contributed by atoms with Gasteiger partial charge < -0.3 is 10.4 Å². The summed E-state index contributed by atoms with van der Waals surface area (Å²) in [7, 11) is 0. The van der Waals surface area contributed by atoms with Crippen LogP contribution < -0.4 is 5.32 Å². The predicted octanol–water partition coefficient (Wildman–Crippen LogP) is 4.26. The Hall–Kier alpha value is -1.49. The monoisotopic (exact) mass is 349 g/mol. The molecule has 2 N–H and O–H groups in total. The van der Waals surface area contributed by atoms with E-state index in [1.807, 2.05) is 25.1 Å². The lowest BCUT2D eigenvalue weighted by Crippen LogP contribution is -2.32. The molecule has 0 saturated heterocycles. The molecule has 1 aromatic carbocycles. The topological polar surface area (TPSA) is 66.4 Å². The first kappa shape index (κ1) is 18.8. The molecule has 2 rings (SSSR count). The third kappa shape index (κ3) is 5.00. The quantitative estimate of drug-likeness (QED) is 0.772. The van der Waals surface area contributed by atoms with Crippen LogP contribution in [-0.2, 0) is 4.79 Å². The zero-order chi connectivity index (χ0) is 17.7. The number of amides is 1. The normalized spacial score (nSPS) is 15.5. The molecule has 132 valence electrons. The number of thioether (sulfide) groups is 1. The number of nitrogens with one attached hydrogen (secondary N) is 1. The molecule has 1 saturated carbocycles. The van der Waals surface area contributed by atoms with Crippen molar-refractivity contribution in [3.05, 3.63) is 29.3 Å². The SMILES string of the molecule is Cc1ccc(SC2CCCC2)c(C(=O)NCCC(C)(C)C(=O)O)c1. The van der Waals surface area contributed by atoms with E-state index in [1.165, 1.54) is 25.7 Å². The van der Waals surface area contributed by atoms with E-state index >= 15 is 0 Å². The highest BCUT2D eigenvalue weighted by molar-refractivity contribution is 8.00. The van der Waals surface area contributed by atoms with Crippen molar-refractivity contribution in [2.24, 2.45) is 5.41 Å². The Labute approximate surface area is 148 Å². The Morgan fingerprint density at radius 3 is 2.58 bits per heavy atom. The Balaban J connectivity index is 2.02. The maximum atomic E-state index is 12.6. The minimum absolute atomic E-state index is 0.111. The van der Waals surface area contributed by atoms with Gasteiger partial charge in [-0.05, 0) is 52.2 Å². The highest BCUT2D eigenvalue weighted by Crippen LogP contribution is 2.36. The maximum absolute atomic E-state index is 12.6. The molecule has 0 bridgehead atoms. The van der Waals surface area contributed by atoms with Gasteiger partial charge >= 0.3 is 5.97 Å². The van der Waals surface area contributed by atoms with Crippen molar-refractivity contribution in [1.82, 2.24) is 5.32 Å². The number of benzene rings is 1. The van der Waals surface area contributed by atoms with E-state index < -0.39 is 11.4 Å². The molecular weight excluding hydrogens is 322 g/mol. The molecule has 0 atom stereocenters. The average Bonchev–Trinajstić information content (AvgIpc) is 3.01. The fraction of sp³-hybridized carbons (Fsp3) is 0.579. The predicted molar refractivity (Wildman–Crippen MR) is 97.7 cm³/mol. The summed E-state index contributed by atoms with van der Waals surface area (Å²) in [6.45, 7) is 5.69. The second kappa shape index (κ2) is 8.06. The molecule has 24 heavy (non-hydrogen) atoms. The van der Waals surface area contributed by atoms with E-state index in [-0.39, 0.29) is 5.91 Å². The van der Waals surface area contributed by atoms with Gasteiger partial charge in [-0.25, -0.2) is 0 Å². The zero-order valence-corrected chi connectivity index (χ0v) is 15.5. The molecule has 1 fully saturated rings. The molecule has 0 aliphatic heterocycles. The summed E-state index contributed by atoms with van der Waals surface area (Å²) in [5.41, 5.74) is 0.934. The third-order valence-electron chi connectivity index (χ3n) is 4.59. The minimum atomic E-state index is -0.843. The maximum Gasteiger partial charge on any atom is 0.309 e. The smallest absolute Gasteiger partial charge is 0.309 e. The van der Waals surface area contributed by atoms with Crippen molar-refractivity contribution in [2.45, 2.75) is 63.0 Å². The summed E-state index contributed by atoms with van der Waals surface area (Å²) < 4.78 is 0. The van der Waals surface area contributed by atoms with Gasteiger partial charge in [0, 0.05) is 16.7 Å². The van der Waals surface area contributed by atoms with E-state index in [0.717, 1.165) is 10.5 Å². The van der Waals surface area contributed by atoms with Crippen LogP contribution in [-0.4, -0.2) is 28.8 Å². The number of carboxylic acid groups (broad SMARTS) is 1. The van der Waals surface area contributed by atoms with Gasteiger partial charge in [-0.3, -0.25) is 9.59 Å². The van der Waals surface area contributed by atoms with E-state index in [0.29, 0.717) is 23.8 Å². The van der Waals surface area contributed by atoms with Crippen molar-refractivity contribution in [3.63, 3.8) is 0 Å². The number of carbonyl (C=O) groups is 2. The zero-order valence-electron chi connectivity index (χ0n) is 14.7. The van der Waals surface area contributed by atoms with Crippen molar-refractivity contribution in [1.29, 1.82) is 0 Å². The molecule has 1 aliphatic carbocycles. The van der Waals surface area contributed by atoms with Crippen molar-refractivity contribution >= 4 is 23.6 Å². The number of hydrogen-bond acceptors (Lipinski definition) is 3. The van der Waals surface area contributed by atoms with Crippen molar-refractivity contribution < 1.29 is 14.7 Å². The summed E-state index contributed by atoms with van der Waals surface area (Å²) in [5.74, 6) is -0.954. The van der Waals surface area contributed by atoms with Crippen LogP contribution in [0.1, 0.15) is 61.9 Å². The minimum Gasteiger partial charge on any atom is -0.481 e. The molecule has 0 aromatic heterocycles. The number of carboxylic acids is 1. The fourth-order valence-corrected chi connectivity index (χ4v) is 4.15. The first-order chi connectivity index (χ1) is 11.3. The van der Waals surface area contributed by atoms with Gasteiger partial charge in [0.05, 0.1) is 11.0 Å². The first-order valence-electron chi connectivity index (χ1n) is 8.58. The number of hydrogen-bond donors (Lipinski definition) is 2. The number of carbonyl (C=O) groups excluding carboxylic acids is 1. The molecule has 4 nitrogen and oxygen atoms in total. The molecule has 5 heteroatoms.